The molecule has 2 amide bonds. The van der Waals surface area contributed by atoms with Crippen LogP contribution in [0.2, 0.25) is 0 Å². The number of nitrogens with one attached hydrogen (secondary N) is 2. The van der Waals surface area contributed by atoms with Crippen LogP contribution in [0.5, 0.6) is 0 Å². The molecule has 4 rings (SSSR count). The second-order valence-electron chi connectivity index (χ2n) is 9.51. The van der Waals surface area contributed by atoms with E-state index in [9.17, 15) is 19.5 Å². The third-order valence-electron chi connectivity index (χ3n) is 6.76. The van der Waals surface area contributed by atoms with E-state index in [0.29, 0.717) is 6.54 Å². The molecule has 0 aliphatic heterocycles. The van der Waals surface area contributed by atoms with Gasteiger partial charge in [0.05, 0.1) is 0 Å². The van der Waals surface area contributed by atoms with Crippen LogP contribution in [0.1, 0.15) is 36.0 Å². The molecular weight excluding hydrogens is 482 g/mol. The van der Waals surface area contributed by atoms with Gasteiger partial charge in [0.25, 0.3) is 0 Å². The summed E-state index contributed by atoms with van der Waals surface area (Å²) < 4.78 is 5.55. The molecule has 0 bridgehead atoms. The molecular formula is C30H33N3O5. The summed E-state index contributed by atoms with van der Waals surface area (Å²) >= 11 is 0. The molecule has 8 heteroatoms. The van der Waals surface area contributed by atoms with Gasteiger partial charge in [0.2, 0.25) is 5.91 Å². The number of amides is 2. The molecule has 0 aromatic heterocycles. The smallest absolute Gasteiger partial charge is 0.407 e. The van der Waals surface area contributed by atoms with Gasteiger partial charge in [-0.3, -0.25) is 9.69 Å². The number of hydrogen-bond donors (Lipinski definition) is 3. The summed E-state index contributed by atoms with van der Waals surface area (Å²) in [5.41, 5.74) is 5.47. The molecule has 0 radical (unpaired) electrons. The van der Waals surface area contributed by atoms with Crippen molar-refractivity contribution in [2.75, 3.05) is 20.2 Å². The van der Waals surface area contributed by atoms with Crippen LogP contribution >= 0.6 is 0 Å². The quantitative estimate of drug-likeness (QED) is 0.356. The Hall–Kier alpha value is -4.17. The average Bonchev–Trinajstić information content (AvgIpc) is 3.24. The van der Waals surface area contributed by atoms with Crippen molar-refractivity contribution < 1.29 is 24.2 Å². The van der Waals surface area contributed by atoms with E-state index in [0.717, 1.165) is 27.8 Å². The molecule has 3 aromatic rings. The lowest BCUT2D eigenvalue weighted by Gasteiger charge is -2.24. The van der Waals surface area contributed by atoms with Crippen LogP contribution in [0.15, 0.2) is 78.9 Å². The summed E-state index contributed by atoms with van der Waals surface area (Å²) in [5.74, 6) is -1.81. The van der Waals surface area contributed by atoms with E-state index >= 15 is 0 Å². The van der Waals surface area contributed by atoms with E-state index in [1.165, 1.54) is 0 Å². The number of carboxylic acid groups (broad SMARTS) is 1. The van der Waals surface area contributed by atoms with Gasteiger partial charge >= 0.3 is 12.1 Å². The van der Waals surface area contributed by atoms with Crippen molar-refractivity contribution in [1.29, 1.82) is 0 Å². The van der Waals surface area contributed by atoms with Gasteiger partial charge in [0, 0.05) is 19.0 Å². The molecule has 0 fully saturated rings. The van der Waals surface area contributed by atoms with E-state index in [2.05, 4.69) is 22.8 Å². The fraction of sp³-hybridized carbons (Fsp3) is 0.300. The van der Waals surface area contributed by atoms with Crippen LogP contribution in [0, 0.1) is 0 Å². The summed E-state index contributed by atoms with van der Waals surface area (Å²) in [4.78, 5) is 39.2. The zero-order chi connectivity index (χ0) is 27.1. The number of aliphatic carboxylic acids is 1. The number of carboxylic acids is 1. The van der Waals surface area contributed by atoms with Crippen molar-refractivity contribution in [3.8, 4) is 11.1 Å². The molecule has 0 heterocycles. The van der Waals surface area contributed by atoms with Crippen LogP contribution in [0.4, 0.5) is 4.79 Å². The van der Waals surface area contributed by atoms with Gasteiger partial charge in [-0.2, -0.15) is 0 Å². The highest BCUT2D eigenvalue weighted by molar-refractivity contribution is 5.89. The van der Waals surface area contributed by atoms with Crippen molar-refractivity contribution in [1.82, 2.24) is 15.5 Å². The number of carbonyl (C=O) groups excluding carboxylic acids is 2. The molecule has 0 saturated carbocycles. The molecule has 2 atom stereocenters. The van der Waals surface area contributed by atoms with E-state index < -0.39 is 30.1 Å². The Labute approximate surface area is 222 Å². The number of likely N-dealkylation sites (N-methyl/N-ethyl adjacent to an activating group) is 1. The zero-order valence-corrected chi connectivity index (χ0v) is 21.6. The highest BCUT2D eigenvalue weighted by atomic mass is 16.5. The number of fused-ring (bicyclic) bond motifs is 3. The lowest BCUT2D eigenvalue weighted by atomic mass is 9.98. The molecule has 1 aliphatic carbocycles. The maximum absolute atomic E-state index is 12.9. The Morgan fingerprint density at radius 2 is 1.45 bits per heavy atom. The molecule has 8 nitrogen and oxygen atoms in total. The molecule has 3 aromatic carbocycles. The van der Waals surface area contributed by atoms with Crippen molar-refractivity contribution in [3.05, 3.63) is 95.6 Å². The minimum absolute atomic E-state index is 0.0985. The maximum atomic E-state index is 12.9. The number of alkyl carbamates (subject to hydrolysis) is 1. The summed E-state index contributed by atoms with van der Waals surface area (Å²) in [7, 11) is 1.79. The summed E-state index contributed by atoms with van der Waals surface area (Å²) in [6.07, 6.45) is -0.440. The van der Waals surface area contributed by atoms with Crippen LogP contribution in [0.25, 0.3) is 11.1 Å². The summed E-state index contributed by atoms with van der Waals surface area (Å²) in [6.45, 7) is 2.51. The lowest BCUT2D eigenvalue weighted by Crippen LogP contribution is -2.54. The van der Waals surface area contributed by atoms with E-state index in [4.69, 9.17) is 4.74 Å². The van der Waals surface area contributed by atoms with Crippen LogP contribution in [-0.2, 0) is 20.9 Å². The van der Waals surface area contributed by atoms with Crippen molar-refractivity contribution >= 4 is 18.0 Å². The molecule has 0 spiro atoms. The first-order chi connectivity index (χ1) is 18.4. The standard InChI is InChI=1S/C30H33N3O5/c1-3-26(28(34)31-27(29(35)36)18-33(2)17-20-11-5-4-6-12-20)32-30(37)38-19-25-23-15-9-7-13-21(23)22-14-8-10-16-24(22)25/h4-16,25-27H,3,17-19H2,1-2H3,(H,31,34)(H,32,37)(H,35,36)/t26-,27?/m1/s1. The van der Waals surface area contributed by atoms with Gasteiger partial charge in [0.1, 0.15) is 18.7 Å². The summed E-state index contributed by atoms with van der Waals surface area (Å²) in [6, 6.07) is 23.7. The number of hydrogen-bond acceptors (Lipinski definition) is 5. The van der Waals surface area contributed by atoms with Gasteiger partial charge in [-0.05, 0) is 41.3 Å². The number of nitrogens with zero attached hydrogens (tertiary/aromatic N) is 1. The van der Waals surface area contributed by atoms with Gasteiger partial charge < -0.3 is 20.5 Å². The monoisotopic (exact) mass is 515 g/mol. The Morgan fingerprint density at radius 3 is 2.03 bits per heavy atom. The molecule has 0 saturated heterocycles. The van der Waals surface area contributed by atoms with Gasteiger partial charge in [-0.1, -0.05) is 85.8 Å². The van der Waals surface area contributed by atoms with Crippen LogP contribution in [0.3, 0.4) is 0 Å². The normalized spacial score (nSPS) is 13.8. The minimum atomic E-state index is -1.14. The van der Waals surface area contributed by atoms with Crippen LogP contribution < -0.4 is 10.6 Å². The first-order valence-electron chi connectivity index (χ1n) is 12.7. The van der Waals surface area contributed by atoms with Gasteiger partial charge in [0.15, 0.2) is 0 Å². The van der Waals surface area contributed by atoms with Crippen molar-refractivity contribution in [2.45, 2.75) is 37.9 Å². The number of rotatable bonds is 11. The Morgan fingerprint density at radius 1 is 0.868 bits per heavy atom. The first-order valence-corrected chi connectivity index (χ1v) is 12.7. The summed E-state index contributed by atoms with van der Waals surface area (Å²) in [5, 5.41) is 14.8. The Kier molecular flexibility index (Phi) is 8.76. The Bertz CT molecular complexity index is 1230. The fourth-order valence-corrected chi connectivity index (χ4v) is 4.86. The van der Waals surface area contributed by atoms with Gasteiger partial charge in [-0.15, -0.1) is 0 Å². The van der Waals surface area contributed by atoms with Crippen molar-refractivity contribution in [3.63, 3.8) is 0 Å². The minimum Gasteiger partial charge on any atom is -0.480 e. The maximum Gasteiger partial charge on any atom is 0.407 e. The third-order valence-corrected chi connectivity index (χ3v) is 6.76. The third kappa shape index (κ3) is 6.39. The number of carbonyl (C=O) groups is 3. The fourth-order valence-electron chi connectivity index (χ4n) is 4.86. The molecule has 198 valence electrons. The first kappa shape index (κ1) is 26.9. The average molecular weight is 516 g/mol. The molecule has 3 N–H and O–H groups in total. The number of ether oxygens (including phenoxy) is 1. The highest BCUT2D eigenvalue weighted by Crippen LogP contribution is 2.44. The van der Waals surface area contributed by atoms with Crippen molar-refractivity contribution in [2.24, 2.45) is 0 Å². The predicted octanol–water partition coefficient (Wildman–Crippen LogP) is 4.01. The second-order valence-corrected chi connectivity index (χ2v) is 9.51. The number of benzene rings is 3. The molecule has 38 heavy (non-hydrogen) atoms. The van der Waals surface area contributed by atoms with Gasteiger partial charge in [-0.25, -0.2) is 9.59 Å². The lowest BCUT2D eigenvalue weighted by molar-refractivity contribution is -0.142. The Balaban J connectivity index is 1.32. The molecule has 1 unspecified atom stereocenters. The topological polar surface area (TPSA) is 108 Å². The second kappa shape index (κ2) is 12.4. The SMILES string of the molecule is CC[C@@H](NC(=O)OCC1c2ccccc2-c2ccccc21)C(=O)NC(CN(C)Cc1ccccc1)C(=O)O. The predicted molar refractivity (Wildman–Crippen MR) is 145 cm³/mol. The van der Waals surface area contributed by atoms with E-state index in [-0.39, 0.29) is 25.5 Å². The largest absolute Gasteiger partial charge is 0.480 e. The van der Waals surface area contributed by atoms with E-state index in [1.807, 2.05) is 71.6 Å². The van der Waals surface area contributed by atoms with E-state index in [1.54, 1.807) is 14.0 Å². The zero-order valence-electron chi connectivity index (χ0n) is 21.6. The molecule has 1 aliphatic rings. The highest BCUT2D eigenvalue weighted by Gasteiger charge is 2.30. The van der Waals surface area contributed by atoms with Crippen LogP contribution in [-0.4, -0.2) is 60.3 Å².